The van der Waals surface area contributed by atoms with Gasteiger partial charge in [0.2, 0.25) is 5.95 Å². The largest absolute Gasteiger partial charge is 0.277 e. The van der Waals surface area contributed by atoms with E-state index in [-0.39, 0.29) is 0 Å². The Hall–Kier alpha value is -7.43. The van der Waals surface area contributed by atoms with E-state index >= 15 is 0 Å². The summed E-state index contributed by atoms with van der Waals surface area (Å²) >= 11 is 0. The second-order valence-electron chi connectivity index (χ2n) is 13.6. The smallest absolute Gasteiger partial charge is 0.238 e. The van der Waals surface area contributed by atoms with Crippen LogP contribution in [0.4, 0.5) is 0 Å². The number of nitrogens with zero attached hydrogens (tertiary/aromatic N) is 4. The summed E-state index contributed by atoms with van der Waals surface area (Å²) in [4.78, 5) is 15.7. The van der Waals surface area contributed by atoms with Crippen LogP contribution in [0, 0.1) is 0 Å². The minimum atomic E-state index is 0.557. The van der Waals surface area contributed by atoms with Gasteiger partial charge in [-0.1, -0.05) is 200 Å². The third-order valence-electron chi connectivity index (χ3n) is 10.2. The molecule has 0 saturated heterocycles. The first-order chi connectivity index (χ1) is 27.3. The summed E-state index contributed by atoms with van der Waals surface area (Å²) in [6.45, 7) is 0. The van der Waals surface area contributed by atoms with Gasteiger partial charge in [0, 0.05) is 38.6 Å². The number of benzene rings is 8. The van der Waals surface area contributed by atoms with E-state index in [2.05, 4.69) is 174 Å². The highest BCUT2D eigenvalue weighted by atomic mass is 15.2. The molecule has 0 aliphatic rings. The van der Waals surface area contributed by atoms with Crippen LogP contribution in [0.15, 0.2) is 206 Å². The van der Waals surface area contributed by atoms with Crippen molar-refractivity contribution in [3.63, 3.8) is 0 Å². The number of hydrogen-bond acceptors (Lipinski definition) is 3. The van der Waals surface area contributed by atoms with Crippen molar-refractivity contribution in [1.29, 1.82) is 0 Å². The van der Waals surface area contributed by atoms with Crippen molar-refractivity contribution in [2.24, 2.45) is 0 Å². The predicted molar refractivity (Wildman–Crippen MR) is 227 cm³/mol. The lowest BCUT2D eigenvalue weighted by atomic mass is 9.80. The molecule has 0 fully saturated rings. The van der Waals surface area contributed by atoms with Crippen molar-refractivity contribution < 1.29 is 0 Å². The van der Waals surface area contributed by atoms with E-state index in [4.69, 9.17) is 15.0 Å². The zero-order valence-corrected chi connectivity index (χ0v) is 29.9. The van der Waals surface area contributed by atoms with Crippen LogP contribution >= 0.6 is 0 Å². The normalized spacial score (nSPS) is 11.3. The van der Waals surface area contributed by atoms with Gasteiger partial charge in [-0.25, -0.2) is 4.98 Å². The molecule has 0 amide bonds. The Morgan fingerprint density at radius 3 is 1.09 bits per heavy atom. The van der Waals surface area contributed by atoms with Gasteiger partial charge in [0.25, 0.3) is 0 Å². The number of rotatable bonds is 7. The van der Waals surface area contributed by atoms with Gasteiger partial charge in [-0.15, -0.1) is 0 Å². The quantitative estimate of drug-likeness (QED) is 0.166. The fourth-order valence-electron chi connectivity index (χ4n) is 7.89. The Balaban J connectivity index is 1.47. The van der Waals surface area contributed by atoms with Crippen molar-refractivity contribution in [3.05, 3.63) is 206 Å². The monoisotopic (exact) mass is 702 g/mol. The Morgan fingerprint density at radius 1 is 0.291 bits per heavy atom. The molecule has 4 heteroatoms. The third kappa shape index (κ3) is 5.68. The summed E-state index contributed by atoms with van der Waals surface area (Å²) in [6, 6.07) is 72.3. The molecule has 10 rings (SSSR count). The van der Waals surface area contributed by atoms with E-state index in [0.717, 1.165) is 71.9 Å². The maximum Gasteiger partial charge on any atom is 0.238 e. The van der Waals surface area contributed by atoms with Crippen molar-refractivity contribution in [2.75, 3.05) is 0 Å². The molecule has 0 atom stereocenters. The van der Waals surface area contributed by atoms with Crippen molar-refractivity contribution in [3.8, 4) is 73.2 Å². The summed E-state index contributed by atoms with van der Waals surface area (Å²) in [6.07, 6.45) is 0. The fourth-order valence-corrected chi connectivity index (χ4v) is 7.89. The average Bonchev–Trinajstić information content (AvgIpc) is 3.62. The van der Waals surface area contributed by atoms with Crippen LogP contribution in [0.1, 0.15) is 0 Å². The Morgan fingerprint density at radius 2 is 0.636 bits per heavy atom. The lowest BCUT2D eigenvalue weighted by molar-refractivity contribution is 0.954. The van der Waals surface area contributed by atoms with E-state index in [9.17, 15) is 0 Å². The van der Waals surface area contributed by atoms with Gasteiger partial charge in [0.1, 0.15) is 0 Å². The molecule has 2 heterocycles. The lowest BCUT2D eigenvalue weighted by Gasteiger charge is -2.24. The van der Waals surface area contributed by atoms with Gasteiger partial charge in [-0.3, -0.25) is 4.57 Å². The lowest BCUT2D eigenvalue weighted by Crippen LogP contribution is -2.07. The van der Waals surface area contributed by atoms with Gasteiger partial charge in [-0.05, 0) is 33.9 Å². The number of fused-ring (bicyclic) bond motifs is 3. The first-order valence-corrected chi connectivity index (χ1v) is 18.6. The first kappa shape index (κ1) is 32.2. The first-order valence-electron chi connectivity index (χ1n) is 18.6. The standard InChI is InChI=1S/C51H34N4/c1-7-21-35(22-8-1)43-44(36-23-9-2-10-24-36)46(38-27-13-4-14-28-38)48-47(45(43)37-25-11-3-12-26-37)41-33-19-20-34-42(41)55(48)51-53-49(39-29-15-5-16-30-39)52-50(54-51)40-31-17-6-18-32-40/h1-34H. The maximum atomic E-state index is 5.33. The molecule has 0 N–H and O–H groups in total. The zero-order chi connectivity index (χ0) is 36.6. The van der Waals surface area contributed by atoms with Crippen LogP contribution < -0.4 is 0 Å². The summed E-state index contributed by atoms with van der Waals surface area (Å²) in [5.41, 5.74) is 13.0. The van der Waals surface area contributed by atoms with Crippen molar-refractivity contribution in [2.45, 2.75) is 0 Å². The molecule has 10 aromatic rings. The SMILES string of the molecule is c1ccc(-c2nc(-c3ccccc3)nc(-n3c4ccccc4c4c(-c5ccccc5)c(-c5ccccc5)c(-c5ccccc5)c(-c5ccccc5)c43)n2)cc1. The fraction of sp³-hybridized carbons (Fsp3) is 0. The molecule has 0 spiro atoms. The summed E-state index contributed by atoms with van der Waals surface area (Å²) in [5.74, 6) is 1.79. The van der Waals surface area contributed by atoms with E-state index in [1.165, 1.54) is 5.56 Å². The predicted octanol–water partition coefficient (Wildman–Crippen LogP) is 13.0. The average molecular weight is 703 g/mol. The molecule has 0 unspecified atom stereocenters. The Labute approximate surface area is 319 Å². The van der Waals surface area contributed by atoms with E-state index in [1.807, 2.05) is 36.4 Å². The highest BCUT2D eigenvalue weighted by Crippen LogP contribution is 2.53. The molecule has 0 aliphatic heterocycles. The van der Waals surface area contributed by atoms with Gasteiger partial charge >= 0.3 is 0 Å². The molecular formula is C51H34N4. The van der Waals surface area contributed by atoms with E-state index < -0.39 is 0 Å². The third-order valence-corrected chi connectivity index (χ3v) is 10.2. The van der Waals surface area contributed by atoms with Crippen molar-refractivity contribution in [1.82, 2.24) is 19.5 Å². The van der Waals surface area contributed by atoms with Crippen LogP contribution in [-0.2, 0) is 0 Å². The molecule has 0 saturated carbocycles. The maximum absolute atomic E-state index is 5.33. The number of para-hydroxylation sites is 1. The van der Waals surface area contributed by atoms with Crippen LogP contribution in [0.2, 0.25) is 0 Å². The Kier molecular flexibility index (Phi) is 8.12. The van der Waals surface area contributed by atoms with Gasteiger partial charge in [0.05, 0.1) is 11.0 Å². The molecule has 4 nitrogen and oxygen atoms in total. The molecule has 55 heavy (non-hydrogen) atoms. The zero-order valence-electron chi connectivity index (χ0n) is 29.9. The molecule has 8 aromatic carbocycles. The minimum Gasteiger partial charge on any atom is -0.277 e. The highest BCUT2D eigenvalue weighted by Gasteiger charge is 2.29. The molecular weight excluding hydrogens is 669 g/mol. The van der Waals surface area contributed by atoms with Crippen LogP contribution in [-0.4, -0.2) is 19.5 Å². The number of hydrogen-bond donors (Lipinski definition) is 0. The van der Waals surface area contributed by atoms with Crippen LogP contribution in [0.5, 0.6) is 0 Å². The van der Waals surface area contributed by atoms with E-state index in [1.54, 1.807) is 0 Å². The van der Waals surface area contributed by atoms with Crippen molar-refractivity contribution >= 4 is 21.8 Å². The molecule has 0 radical (unpaired) electrons. The minimum absolute atomic E-state index is 0.557. The second-order valence-corrected chi connectivity index (χ2v) is 13.6. The van der Waals surface area contributed by atoms with E-state index in [0.29, 0.717) is 17.6 Å². The Bertz CT molecular complexity index is 2870. The van der Waals surface area contributed by atoms with Gasteiger partial charge < -0.3 is 0 Å². The summed E-state index contributed by atoms with van der Waals surface area (Å²) in [7, 11) is 0. The molecule has 0 bridgehead atoms. The topological polar surface area (TPSA) is 43.6 Å². The number of aromatic nitrogens is 4. The molecule has 258 valence electrons. The molecule has 2 aromatic heterocycles. The van der Waals surface area contributed by atoms with Crippen LogP contribution in [0.3, 0.4) is 0 Å². The second kappa shape index (κ2) is 13.8. The van der Waals surface area contributed by atoms with Gasteiger partial charge in [-0.2, -0.15) is 9.97 Å². The highest BCUT2D eigenvalue weighted by molar-refractivity contribution is 6.26. The summed E-state index contributed by atoms with van der Waals surface area (Å²) < 4.78 is 2.28. The molecule has 0 aliphatic carbocycles. The summed E-state index contributed by atoms with van der Waals surface area (Å²) in [5, 5.41) is 2.26. The van der Waals surface area contributed by atoms with Gasteiger partial charge in [0.15, 0.2) is 11.6 Å². The van der Waals surface area contributed by atoms with Crippen LogP contribution in [0.25, 0.3) is 95.0 Å².